The van der Waals surface area contributed by atoms with Gasteiger partial charge in [-0.2, -0.15) is 0 Å². The fourth-order valence-corrected chi connectivity index (χ4v) is 8.38. The van der Waals surface area contributed by atoms with Crippen molar-refractivity contribution in [1.82, 2.24) is 5.32 Å². The molecule has 0 spiro atoms. The molecule has 12 atom stereocenters. The van der Waals surface area contributed by atoms with E-state index in [1.165, 1.54) is 12.1 Å². The molecule has 18 nitrogen and oxygen atoms in total. The Kier molecular flexibility index (Phi) is 14.0. The largest absolute Gasteiger partial charge is 0.507 e. The maximum atomic E-state index is 11.6. The number of aliphatic hydroxyl groups is 3. The Morgan fingerprint density at radius 3 is 1.78 bits per heavy atom. The van der Waals surface area contributed by atoms with E-state index in [-0.39, 0.29) is 36.3 Å². The van der Waals surface area contributed by atoms with Gasteiger partial charge in [0.25, 0.3) is 0 Å². The molecule has 0 bridgehead atoms. The first-order chi connectivity index (χ1) is 28.5. The van der Waals surface area contributed by atoms with Crippen molar-refractivity contribution in [1.29, 1.82) is 0 Å². The monoisotopic (exact) mass is 837 g/mol. The lowest BCUT2D eigenvalue weighted by Gasteiger charge is -2.48. The third-order valence-corrected chi connectivity index (χ3v) is 11.6. The highest BCUT2D eigenvalue weighted by Gasteiger charge is 2.51. The summed E-state index contributed by atoms with van der Waals surface area (Å²) in [6.07, 6.45) is -4.52. The number of carboxylic acid groups (broad SMARTS) is 2. The Morgan fingerprint density at radius 1 is 0.800 bits per heavy atom. The van der Waals surface area contributed by atoms with Crippen LogP contribution in [0.3, 0.4) is 0 Å². The highest BCUT2D eigenvalue weighted by Crippen LogP contribution is 2.39. The van der Waals surface area contributed by atoms with Gasteiger partial charge in [0.1, 0.15) is 52.6 Å². The summed E-state index contributed by atoms with van der Waals surface area (Å²) in [6.45, 7) is 1.83. The summed E-state index contributed by atoms with van der Waals surface area (Å²) in [4.78, 5) is 23.2. The van der Waals surface area contributed by atoms with Crippen LogP contribution in [0.2, 0.25) is 0 Å². The van der Waals surface area contributed by atoms with Crippen LogP contribution in [0.4, 0.5) is 0 Å². The number of nitrogens with one attached hydrogen (secondary N) is 1. The molecule has 3 aliphatic rings. The molecular formula is C42H55N5O13. The van der Waals surface area contributed by atoms with Crippen molar-refractivity contribution in [2.24, 2.45) is 22.9 Å². The number of aromatic hydroxyl groups is 2. The van der Waals surface area contributed by atoms with Crippen molar-refractivity contribution in [3.05, 3.63) is 82.9 Å². The van der Waals surface area contributed by atoms with E-state index in [4.69, 9.17) is 41.9 Å². The summed E-state index contributed by atoms with van der Waals surface area (Å²) < 4.78 is 23.3. The molecule has 326 valence electrons. The lowest BCUT2D eigenvalue weighted by Crippen LogP contribution is -2.68. The molecule has 1 saturated carbocycles. The number of aromatic carboxylic acids is 2. The van der Waals surface area contributed by atoms with Crippen molar-refractivity contribution >= 4 is 33.5 Å². The number of carbonyl (C=O) groups is 2. The summed E-state index contributed by atoms with van der Waals surface area (Å²) >= 11 is 0. The molecule has 2 aliphatic heterocycles. The Morgan fingerprint density at radius 2 is 1.30 bits per heavy atom. The maximum absolute atomic E-state index is 11.6. The Hall–Kier alpha value is -4.54. The van der Waals surface area contributed by atoms with Crippen LogP contribution >= 0.6 is 0 Å². The number of benzene rings is 4. The van der Waals surface area contributed by atoms with E-state index in [1.54, 1.807) is 62.5 Å². The van der Waals surface area contributed by atoms with Gasteiger partial charge in [-0.1, -0.05) is 48.5 Å². The van der Waals surface area contributed by atoms with Crippen molar-refractivity contribution in [3.8, 4) is 11.5 Å². The van der Waals surface area contributed by atoms with Gasteiger partial charge in [-0.05, 0) is 66.9 Å². The van der Waals surface area contributed by atoms with E-state index in [9.17, 15) is 45.3 Å². The zero-order valence-corrected chi connectivity index (χ0v) is 33.3. The summed E-state index contributed by atoms with van der Waals surface area (Å²) in [5.74, 6) is -3.36. The number of hydrogen-bond acceptors (Lipinski definition) is 16. The summed E-state index contributed by atoms with van der Waals surface area (Å²) in [7, 11) is 1.62. The van der Waals surface area contributed by atoms with Crippen LogP contribution in [0.1, 0.15) is 58.0 Å². The number of phenols is 2. The molecule has 18 heteroatoms. The predicted octanol–water partition coefficient (Wildman–Crippen LogP) is 0.415. The van der Waals surface area contributed by atoms with Crippen LogP contribution in [0.15, 0.2) is 60.7 Å². The molecule has 16 N–H and O–H groups in total. The zero-order chi connectivity index (χ0) is 43.6. The summed E-state index contributed by atoms with van der Waals surface area (Å²) in [6, 6.07) is 14.5. The fourth-order valence-electron chi connectivity index (χ4n) is 8.38. The molecule has 60 heavy (non-hydrogen) atoms. The topological polar surface area (TPSA) is 329 Å². The Bertz CT molecular complexity index is 2070. The number of aliphatic hydroxyl groups excluding tert-OH is 2. The van der Waals surface area contributed by atoms with Crippen LogP contribution in [-0.4, -0.2) is 141 Å². The Labute approximate surface area is 345 Å². The molecule has 0 radical (unpaired) electrons. The molecule has 2 saturated heterocycles. The minimum absolute atomic E-state index is 0.0407. The maximum Gasteiger partial charge on any atom is 0.339 e. The van der Waals surface area contributed by atoms with Gasteiger partial charge >= 0.3 is 11.9 Å². The average Bonchev–Trinajstić information content (AvgIpc) is 3.21. The first kappa shape index (κ1) is 45.0. The predicted molar refractivity (Wildman–Crippen MR) is 218 cm³/mol. The number of rotatable bonds is 10. The molecule has 2 heterocycles. The van der Waals surface area contributed by atoms with Gasteiger partial charge < -0.3 is 82.9 Å². The van der Waals surface area contributed by atoms with Gasteiger partial charge in [-0.25, -0.2) is 9.59 Å². The average molecular weight is 838 g/mol. The van der Waals surface area contributed by atoms with Gasteiger partial charge in [0.2, 0.25) is 0 Å². The second-order valence-corrected chi connectivity index (χ2v) is 15.9. The molecule has 7 rings (SSSR count). The van der Waals surface area contributed by atoms with E-state index < -0.39 is 84.2 Å². The highest BCUT2D eigenvalue weighted by atomic mass is 16.7. The third kappa shape index (κ3) is 9.20. The van der Waals surface area contributed by atoms with Crippen molar-refractivity contribution in [3.63, 3.8) is 0 Å². The normalized spacial score (nSPS) is 32.0. The number of ether oxygens (including phenoxy) is 4. The third-order valence-electron chi connectivity index (χ3n) is 11.6. The molecule has 4 aromatic rings. The number of fused-ring (bicyclic) bond motifs is 2. The van der Waals surface area contributed by atoms with E-state index in [0.29, 0.717) is 52.1 Å². The zero-order valence-electron chi connectivity index (χ0n) is 33.3. The van der Waals surface area contributed by atoms with Gasteiger partial charge in [-0.3, -0.25) is 0 Å². The SMILES string of the molecule is CN[C@@H]1[C@H](O)[C@@H](O[C@@H]2[C@H](O)[C@H](O[C@H]3O[C@H](CN)CC[C@H]3N)[C@@H](N)C[C@H]2N)OC[C@]1(C)O.O=C(O)c1cc2ccccc2c(Cc2c(O)c(C(=O)O)cc3ccccc23)c1O. The quantitative estimate of drug-likeness (QED) is 0.103. The number of nitrogens with two attached hydrogens (primary N) is 4. The molecule has 1 aliphatic carbocycles. The van der Waals surface area contributed by atoms with Crippen LogP contribution < -0.4 is 28.3 Å². The minimum atomic E-state index is -1.29. The smallest absolute Gasteiger partial charge is 0.339 e. The highest BCUT2D eigenvalue weighted by molar-refractivity contribution is 6.02. The number of carboxylic acids is 2. The molecule has 4 aromatic carbocycles. The molecule has 3 fully saturated rings. The van der Waals surface area contributed by atoms with Crippen LogP contribution in [0, 0.1) is 0 Å². The molecular weight excluding hydrogens is 782 g/mol. The lowest BCUT2D eigenvalue weighted by molar-refractivity contribution is -0.306. The van der Waals surface area contributed by atoms with Crippen molar-refractivity contribution in [2.75, 3.05) is 20.2 Å². The summed E-state index contributed by atoms with van der Waals surface area (Å²) in [5.41, 5.74) is 23.1. The molecule has 0 aromatic heterocycles. The first-order valence-electron chi connectivity index (χ1n) is 19.7. The lowest BCUT2D eigenvalue weighted by atomic mass is 9.84. The van der Waals surface area contributed by atoms with Crippen LogP contribution in [-0.2, 0) is 25.4 Å². The van der Waals surface area contributed by atoms with Gasteiger partial charge in [0, 0.05) is 36.2 Å². The second kappa shape index (κ2) is 18.6. The van der Waals surface area contributed by atoms with Crippen LogP contribution in [0.25, 0.3) is 21.5 Å². The van der Waals surface area contributed by atoms with Gasteiger partial charge in [0.05, 0.1) is 24.8 Å². The second-order valence-electron chi connectivity index (χ2n) is 15.9. The van der Waals surface area contributed by atoms with Crippen LogP contribution in [0.5, 0.6) is 11.5 Å². The van der Waals surface area contributed by atoms with Gasteiger partial charge in [0.15, 0.2) is 12.6 Å². The van der Waals surface area contributed by atoms with E-state index >= 15 is 0 Å². The fraction of sp³-hybridized carbons (Fsp3) is 0.476. The summed E-state index contributed by atoms with van der Waals surface area (Å²) in [5, 5.41) is 77.7. The van der Waals surface area contributed by atoms with Crippen molar-refractivity contribution in [2.45, 2.75) is 105 Å². The van der Waals surface area contributed by atoms with E-state index in [1.807, 2.05) is 0 Å². The van der Waals surface area contributed by atoms with Crippen molar-refractivity contribution < 1.29 is 64.3 Å². The Balaban J connectivity index is 0.000000202. The van der Waals surface area contributed by atoms with E-state index in [0.717, 1.165) is 6.42 Å². The van der Waals surface area contributed by atoms with E-state index in [2.05, 4.69) is 5.32 Å². The molecule has 0 amide bonds. The molecule has 0 unspecified atom stereocenters. The number of hydrogen-bond donors (Lipinski definition) is 12. The number of likely N-dealkylation sites (N-methyl/N-ethyl adjacent to an activating group) is 1. The minimum Gasteiger partial charge on any atom is -0.507 e. The first-order valence-corrected chi connectivity index (χ1v) is 19.7. The standard InChI is InChI=1S/C23H16O6.C19H39N5O7/c24-20-16(14-7-3-1-5-12(14)9-18(20)22(26)27)11-17-15-8-4-2-6-13(15)10-19(21(17)25)23(28)29;1-19(27)7-28-18(13(26)16(19)24-2)31-15-11(23)5-10(22)14(12(15)25)30-17-9(21)4-3-8(6-20)29-17/h1-10,24-25H,11H2,(H,26,27)(H,28,29);8-18,24-27H,3-7,20-23H2,1-2H3/t;8-,9+,10-,11+,12+,13-,14+,15-,16+,17+,18+,19-/m.0/s1. The van der Waals surface area contributed by atoms with Gasteiger partial charge in [-0.15, -0.1) is 0 Å².